The van der Waals surface area contributed by atoms with E-state index in [1.165, 1.54) is 0 Å². The topological polar surface area (TPSA) is 85.3 Å². The summed E-state index contributed by atoms with van der Waals surface area (Å²) in [4.78, 5) is 13.3. The molecule has 1 fully saturated rings. The van der Waals surface area contributed by atoms with E-state index >= 15 is 0 Å². The molecule has 1 amide bonds. The van der Waals surface area contributed by atoms with Gasteiger partial charge in [-0.1, -0.05) is 12.2 Å². The molecule has 4 rings (SSSR count). The normalized spacial score (nSPS) is 25.7. The maximum atomic E-state index is 13.3. The van der Waals surface area contributed by atoms with Crippen LogP contribution in [0.15, 0.2) is 35.5 Å². The van der Waals surface area contributed by atoms with Crippen molar-refractivity contribution in [2.24, 2.45) is 16.9 Å². The Hall–Kier alpha value is -2.35. The first kappa shape index (κ1) is 21.9. The lowest BCUT2D eigenvalue weighted by molar-refractivity contribution is -0.140. The highest BCUT2D eigenvalue weighted by molar-refractivity contribution is 7.91. The average Bonchev–Trinajstić information content (AvgIpc) is 2.76. The number of nitrogens with zero attached hydrogens (tertiary/aromatic N) is 2. The molecule has 0 spiro atoms. The summed E-state index contributed by atoms with van der Waals surface area (Å²) in [5, 5.41) is 6.43. The monoisotopic (exact) mass is 446 g/mol. The van der Waals surface area contributed by atoms with Gasteiger partial charge in [-0.05, 0) is 57.7 Å². The molecular formula is C23H30N2O5S. The van der Waals surface area contributed by atoms with Crippen molar-refractivity contribution in [1.82, 2.24) is 5.01 Å². The van der Waals surface area contributed by atoms with Gasteiger partial charge in [-0.2, -0.15) is 5.10 Å². The molecule has 0 aromatic heterocycles. The highest BCUT2D eigenvalue weighted by Gasteiger charge is 2.43. The number of sulfone groups is 1. The number of allylic oxidation sites excluding steroid dienone is 2. The number of benzene rings is 1. The summed E-state index contributed by atoms with van der Waals surface area (Å²) in [7, 11) is -3.01. The molecular weight excluding hydrogens is 416 g/mol. The molecule has 0 N–H and O–H groups in total. The van der Waals surface area contributed by atoms with Gasteiger partial charge in [0.2, 0.25) is 5.91 Å². The summed E-state index contributed by atoms with van der Waals surface area (Å²) in [5.41, 5.74) is 1.78. The molecule has 0 unspecified atom stereocenters. The zero-order valence-electron chi connectivity index (χ0n) is 18.1. The molecule has 2 atom stereocenters. The van der Waals surface area contributed by atoms with E-state index in [0.717, 1.165) is 17.7 Å². The molecule has 8 heteroatoms. The number of hydrazone groups is 1. The highest BCUT2D eigenvalue weighted by Crippen LogP contribution is 2.38. The van der Waals surface area contributed by atoms with E-state index in [2.05, 4.69) is 12.2 Å². The van der Waals surface area contributed by atoms with Gasteiger partial charge in [-0.3, -0.25) is 4.79 Å². The van der Waals surface area contributed by atoms with Crippen LogP contribution < -0.4 is 9.47 Å². The SMILES string of the molecule is CCOc1ccc(C2=NN(C3CCS(=O)(=O)CC3)C(=O)[C@@H]3CC=CC[C@H]23)cc1OCC. The van der Waals surface area contributed by atoms with E-state index in [9.17, 15) is 13.2 Å². The van der Waals surface area contributed by atoms with Crippen LogP contribution in [0.3, 0.4) is 0 Å². The summed E-state index contributed by atoms with van der Waals surface area (Å²) in [6.45, 7) is 4.93. The fraction of sp³-hybridized carbons (Fsp3) is 0.565. The summed E-state index contributed by atoms with van der Waals surface area (Å²) < 4.78 is 35.3. The number of carbonyl (C=O) groups is 1. The third-order valence-electron chi connectivity index (χ3n) is 6.25. The number of amides is 1. The van der Waals surface area contributed by atoms with Crippen LogP contribution in [0.4, 0.5) is 0 Å². The van der Waals surface area contributed by atoms with Gasteiger partial charge in [0.15, 0.2) is 11.5 Å². The van der Waals surface area contributed by atoms with Crippen LogP contribution >= 0.6 is 0 Å². The van der Waals surface area contributed by atoms with Gasteiger partial charge in [0.25, 0.3) is 0 Å². The van der Waals surface area contributed by atoms with Crippen molar-refractivity contribution in [1.29, 1.82) is 0 Å². The van der Waals surface area contributed by atoms with E-state index in [1.807, 2.05) is 32.0 Å². The maximum Gasteiger partial charge on any atom is 0.247 e. The minimum atomic E-state index is -3.01. The Morgan fingerprint density at radius 1 is 1.00 bits per heavy atom. The van der Waals surface area contributed by atoms with E-state index < -0.39 is 9.84 Å². The predicted molar refractivity (Wildman–Crippen MR) is 119 cm³/mol. The third kappa shape index (κ3) is 4.49. The van der Waals surface area contributed by atoms with Gasteiger partial charge in [0.05, 0.1) is 42.4 Å². The Morgan fingerprint density at radius 3 is 2.32 bits per heavy atom. The van der Waals surface area contributed by atoms with Crippen molar-refractivity contribution >= 4 is 21.5 Å². The lowest BCUT2D eigenvalue weighted by atomic mass is 9.76. The number of carbonyl (C=O) groups excluding carboxylic acids is 1. The molecule has 0 radical (unpaired) electrons. The fourth-order valence-corrected chi connectivity index (χ4v) is 6.13. The highest BCUT2D eigenvalue weighted by atomic mass is 32.2. The van der Waals surface area contributed by atoms with Crippen molar-refractivity contribution in [3.05, 3.63) is 35.9 Å². The van der Waals surface area contributed by atoms with E-state index in [4.69, 9.17) is 14.6 Å². The molecule has 1 aromatic rings. The van der Waals surface area contributed by atoms with Crippen molar-refractivity contribution in [2.75, 3.05) is 24.7 Å². The number of ether oxygens (including phenoxy) is 2. The lowest BCUT2D eigenvalue weighted by Gasteiger charge is -2.41. The van der Waals surface area contributed by atoms with Crippen molar-refractivity contribution in [3.8, 4) is 11.5 Å². The molecule has 168 valence electrons. The largest absolute Gasteiger partial charge is 0.490 e. The Kier molecular flexibility index (Phi) is 6.36. The first-order valence-electron chi connectivity index (χ1n) is 11.1. The Morgan fingerprint density at radius 2 is 1.65 bits per heavy atom. The molecule has 3 aliphatic rings. The molecule has 2 heterocycles. The quantitative estimate of drug-likeness (QED) is 0.627. The van der Waals surface area contributed by atoms with E-state index in [1.54, 1.807) is 5.01 Å². The number of hydrogen-bond donors (Lipinski definition) is 0. The molecule has 0 saturated carbocycles. The summed E-state index contributed by atoms with van der Waals surface area (Å²) in [6, 6.07) is 5.64. The molecule has 31 heavy (non-hydrogen) atoms. The number of fused-ring (bicyclic) bond motifs is 1. The van der Waals surface area contributed by atoms with E-state index in [-0.39, 0.29) is 35.3 Å². The molecule has 1 aromatic carbocycles. The van der Waals surface area contributed by atoms with Crippen LogP contribution in [-0.2, 0) is 14.6 Å². The van der Waals surface area contributed by atoms with E-state index in [0.29, 0.717) is 44.0 Å². The summed E-state index contributed by atoms with van der Waals surface area (Å²) >= 11 is 0. The zero-order valence-corrected chi connectivity index (χ0v) is 18.9. The maximum absolute atomic E-state index is 13.3. The summed E-state index contributed by atoms with van der Waals surface area (Å²) in [6.07, 6.45) is 6.50. The van der Waals surface area contributed by atoms with Crippen LogP contribution in [0, 0.1) is 11.8 Å². The van der Waals surface area contributed by atoms with Crippen LogP contribution in [0.2, 0.25) is 0 Å². The Balaban J connectivity index is 1.72. The van der Waals surface area contributed by atoms with Crippen LogP contribution in [0.25, 0.3) is 0 Å². The number of rotatable bonds is 6. The second kappa shape index (κ2) is 9.02. The summed E-state index contributed by atoms with van der Waals surface area (Å²) in [5.74, 6) is 1.43. The Labute approximate surface area is 184 Å². The molecule has 2 aliphatic heterocycles. The van der Waals surface area contributed by atoms with Crippen molar-refractivity contribution in [2.45, 2.75) is 45.6 Å². The molecule has 7 nitrogen and oxygen atoms in total. The lowest BCUT2D eigenvalue weighted by Crippen LogP contribution is -2.51. The van der Waals surface area contributed by atoms with Crippen LogP contribution in [0.5, 0.6) is 11.5 Å². The molecule has 1 saturated heterocycles. The van der Waals surface area contributed by atoms with Crippen LogP contribution in [-0.4, -0.2) is 55.8 Å². The van der Waals surface area contributed by atoms with Gasteiger partial charge in [-0.25, -0.2) is 13.4 Å². The van der Waals surface area contributed by atoms with Gasteiger partial charge in [0.1, 0.15) is 9.84 Å². The van der Waals surface area contributed by atoms with Gasteiger partial charge in [0, 0.05) is 11.5 Å². The second-order valence-corrected chi connectivity index (χ2v) is 10.5. The number of hydrogen-bond acceptors (Lipinski definition) is 6. The standard InChI is InChI=1S/C23H30N2O5S/c1-3-29-20-10-9-16(15-21(20)30-4-2)22-18-7-5-6-8-19(18)23(26)25(24-22)17-11-13-31(27,28)14-12-17/h5-6,9-10,15,17-19H,3-4,7-8,11-14H2,1-2H3/t18-,19+/m0/s1. The fourth-order valence-electron chi connectivity index (χ4n) is 4.66. The Bertz CT molecular complexity index is 987. The smallest absolute Gasteiger partial charge is 0.247 e. The first-order valence-corrected chi connectivity index (χ1v) is 12.9. The first-order chi connectivity index (χ1) is 14.9. The van der Waals surface area contributed by atoms with Gasteiger partial charge >= 0.3 is 0 Å². The van der Waals surface area contributed by atoms with Crippen molar-refractivity contribution < 1.29 is 22.7 Å². The minimum Gasteiger partial charge on any atom is -0.490 e. The van der Waals surface area contributed by atoms with Crippen LogP contribution in [0.1, 0.15) is 45.1 Å². The molecule has 1 aliphatic carbocycles. The third-order valence-corrected chi connectivity index (χ3v) is 7.97. The molecule has 0 bridgehead atoms. The zero-order chi connectivity index (χ0) is 22.0. The minimum absolute atomic E-state index is 0.00786. The average molecular weight is 447 g/mol. The van der Waals surface area contributed by atoms with Gasteiger partial charge < -0.3 is 9.47 Å². The van der Waals surface area contributed by atoms with Crippen molar-refractivity contribution in [3.63, 3.8) is 0 Å². The predicted octanol–water partition coefficient (Wildman–Crippen LogP) is 3.19. The second-order valence-electron chi connectivity index (χ2n) is 8.23. The van der Waals surface area contributed by atoms with Gasteiger partial charge in [-0.15, -0.1) is 0 Å².